The molecule has 0 amide bonds. The Morgan fingerprint density at radius 1 is 1.05 bits per heavy atom. The number of ether oxygens (including phenoxy) is 2. The maximum absolute atomic E-state index is 12.6. The van der Waals surface area contributed by atoms with Gasteiger partial charge in [-0.05, 0) is 31.6 Å². The fourth-order valence-corrected chi connectivity index (χ4v) is 2.34. The highest BCUT2D eigenvalue weighted by Crippen LogP contribution is 2.34. The standard InChI is InChI=1S/C18H32O4/c1-6-9-12-21-16(19)18(11-8-3,14-15(4)5)17(20)22-13-10-7-2/h8,15H,3,6-7,9-14H2,1-2,4-5H3. The van der Waals surface area contributed by atoms with E-state index in [-0.39, 0.29) is 12.3 Å². The van der Waals surface area contributed by atoms with E-state index in [2.05, 4.69) is 6.58 Å². The van der Waals surface area contributed by atoms with E-state index < -0.39 is 17.4 Å². The zero-order valence-electron chi connectivity index (χ0n) is 14.7. The number of rotatable bonds is 12. The lowest BCUT2D eigenvalue weighted by Gasteiger charge is -2.30. The summed E-state index contributed by atoms with van der Waals surface area (Å²) in [5.74, 6) is -0.774. The first kappa shape index (κ1) is 20.7. The van der Waals surface area contributed by atoms with Gasteiger partial charge < -0.3 is 9.47 Å². The highest BCUT2D eigenvalue weighted by molar-refractivity contribution is 6.00. The molecule has 0 aromatic heterocycles. The van der Waals surface area contributed by atoms with Gasteiger partial charge in [0, 0.05) is 0 Å². The molecule has 4 heteroatoms. The smallest absolute Gasteiger partial charge is 0.323 e. The molecule has 0 aliphatic carbocycles. The number of esters is 2. The molecule has 128 valence electrons. The van der Waals surface area contributed by atoms with Crippen molar-refractivity contribution in [1.29, 1.82) is 0 Å². The predicted molar refractivity (Wildman–Crippen MR) is 88.4 cm³/mol. The molecule has 0 aliphatic heterocycles. The van der Waals surface area contributed by atoms with E-state index >= 15 is 0 Å². The third-order valence-electron chi connectivity index (χ3n) is 3.49. The molecule has 0 aliphatic rings. The third-order valence-corrected chi connectivity index (χ3v) is 3.49. The third kappa shape index (κ3) is 6.63. The first-order valence-electron chi connectivity index (χ1n) is 8.39. The number of hydrogen-bond acceptors (Lipinski definition) is 4. The van der Waals surface area contributed by atoms with Crippen molar-refractivity contribution in [3.8, 4) is 0 Å². The van der Waals surface area contributed by atoms with Crippen LogP contribution in [0.2, 0.25) is 0 Å². The Kier molecular flexibility index (Phi) is 10.6. The van der Waals surface area contributed by atoms with E-state index in [4.69, 9.17) is 9.47 Å². The van der Waals surface area contributed by atoms with Crippen molar-refractivity contribution in [2.45, 2.75) is 66.2 Å². The van der Waals surface area contributed by atoms with E-state index in [0.29, 0.717) is 19.6 Å². The minimum atomic E-state index is -1.25. The monoisotopic (exact) mass is 312 g/mol. The molecule has 0 saturated heterocycles. The van der Waals surface area contributed by atoms with Gasteiger partial charge in [0.25, 0.3) is 0 Å². The van der Waals surface area contributed by atoms with Gasteiger partial charge in [-0.2, -0.15) is 0 Å². The molecule has 0 rings (SSSR count). The number of unbranched alkanes of at least 4 members (excludes halogenated alkanes) is 2. The Morgan fingerprint density at radius 2 is 1.50 bits per heavy atom. The maximum atomic E-state index is 12.6. The van der Waals surface area contributed by atoms with E-state index in [9.17, 15) is 9.59 Å². The number of carbonyl (C=O) groups is 2. The highest BCUT2D eigenvalue weighted by atomic mass is 16.6. The summed E-state index contributed by atoms with van der Waals surface area (Å²) < 4.78 is 10.7. The van der Waals surface area contributed by atoms with E-state index in [0.717, 1.165) is 25.7 Å². The van der Waals surface area contributed by atoms with Gasteiger partial charge in [-0.25, -0.2) is 0 Å². The predicted octanol–water partition coefficient (Wildman–Crippen LogP) is 4.28. The van der Waals surface area contributed by atoms with Crippen LogP contribution in [0.4, 0.5) is 0 Å². The van der Waals surface area contributed by atoms with Crippen LogP contribution in [-0.2, 0) is 19.1 Å². The lowest BCUT2D eigenvalue weighted by atomic mass is 9.77. The molecule has 0 spiro atoms. The van der Waals surface area contributed by atoms with Crippen LogP contribution in [0.15, 0.2) is 12.7 Å². The molecule has 0 aromatic carbocycles. The average Bonchev–Trinajstić information content (AvgIpc) is 2.46. The van der Waals surface area contributed by atoms with E-state index in [1.165, 1.54) is 0 Å². The van der Waals surface area contributed by atoms with Gasteiger partial charge in [0.1, 0.15) is 0 Å². The fourth-order valence-electron chi connectivity index (χ4n) is 2.34. The van der Waals surface area contributed by atoms with Crippen LogP contribution in [0.1, 0.15) is 66.2 Å². The SMILES string of the molecule is C=CCC(CC(C)C)(C(=O)OCCCC)C(=O)OCCCC. The Bertz CT molecular complexity index is 325. The van der Waals surface area contributed by atoms with Crippen molar-refractivity contribution >= 4 is 11.9 Å². The summed E-state index contributed by atoms with van der Waals surface area (Å²) in [7, 11) is 0. The van der Waals surface area contributed by atoms with Crippen LogP contribution in [0, 0.1) is 11.3 Å². The van der Waals surface area contributed by atoms with Gasteiger partial charge in [-0.15, -0.1) is 6.58 Å². The molecular formula is C18H32O4. The van der Waals surface area contributed by atoms with Crippen molar-refractivity contribution in [2.24, 2.45) is 11.3 Å². The lowest BCUT2D eigenvalue weighted by Crippen LogP contribution is -2.43. The van der Waals surface area contributed by atoms with Crippen LogP contribution in [-0.4, -0.2) is 25.2 Å². The van der Waals surface area contributed by atoms with Gasteiger partial charge in [-0.3, -0.25) is 9.59 Å². The Hall–Kier alpha value is -1.32. The minimum absolute atomic E-state index is 0.178. The molecule has 0 radical (unpaired) electrons. The molecule has 0 bridgehead atoms. The van der Waals surface area contributed by atoms with Gasteiger partial charge in [-0.1, -0.05) is 46.6 Å². The van der Waals surface area contributed by atoms with Crippen LogP contribution in [0.3, 0.4) is 0 Å². The van der Waals surface area contributed by atoms with Crippen LogP contribution >= 0.6 is 0 Å². The van der Waals surface area contributed by atoms with Crippen molar-refractivity contribution < 1.29 is 19.1 Å². The van der Waals surface area contributed by atoms with E-state index in [1.54, 1.807) is 6.08 Å². The normalized spacial score (nSPS) is 11.3. The highest BCUT2D eigenvalue weighted by Gasteiger charge is 2.48. The number of hydrogen-bond donors (Lipinski definition) is 0. The molecule has 0 fully saturated rings. The van der Waals surface area contributed by atoms with Crippen LogP contribution < -0.4 is 0 Å². The summed E-state index contributed by atoms with van der Waals surface area (Å²) in [6.07, 6.45) is 5.73. The van der Waals surface area contributed by atoms with Gasteiger partial charge in [0.2, 0.25) is 0 Å². The number of carbonyl (C=O) groups excluding carboxylic acids is 2. The molecule has 0 saturated carbocycles. The van der Waals surface area contributed by atoms with Crippen molar-refractivity contribution in [3.05, 3.63) is 12.7 Å². The van der Waals surface area contributed by atoms with Gasteiger partial charge >= 0.3 is 11.9 Å². The summed E-state index contributed by atoms with van der Waals surface area (Å²) in [6, 6.07) is 0. The summed E-state index contributed by atoms with van der Waals surface area (Å²) >= 11 is 0. The largest absolute Gasteiger partial charge is 0.465 e. The van der Waals surface area contributed by atoms with Gasteiger partial charge in [0.05, 0.1) is 13.2 Å². The Balaban J connectivity index is 5.16. The zero-order chi connectivity index (χ0) is 17.0. The minimum Gasteiger partial charge on any atom is -0.465 e. The molecule has 0 atom stereocenters. The number of allylic oxidation sites excluding steroid dienone is 1. The molecule has 22 heavy (non-hydrogen) atoms. The Labute approximate surface area is 135 Å². The second-order valence-corrected chi connectivity index (χ2v) is 6.15. The molecule has 0 aromatic rings. The summed E-state index contributed by atoms with van der Waals surface area (Å²) in [5, 5.41) is 0. The zero-order valence-corrected chi connectivity index (χ0v) is 14.7. The lowest BCUT2D eigenvalue weighted by molar-refractivity contribution is -0.174. The quantitative estimate of drug-likeness (QED) is 0.233. The van der Waals surface area contributed by atoms with Crippen molar-refractivity contribution in [1.82, 2.24) is 0 Å². The van der Waals surface area contributed by atoms with Crippen molar-refractivity contribution in [2.75, 3.05) is 13.2 Å². The van der Waals surface area contributed by atoms with Crippen LogP contribution in [0.25, 0.3) is 0 Å². The molecule has 0 heterocycles. The molecule has 0 N–H and O–H groups in total. The second kappa shape index (κ2) is 11.3. The van der Waals surface area contributed by atoms with Crippen molar-refractivity contribution in [3.63, 3.8) is 0 Å². The second-order valence-electron chi connectivity index (χ2n) is 6.15. The topological polar surface area (TPSA) is 52.6 Å². The molecule has 0 unspecified atom stereocenters. The maximum Gasteiger partial charge on any atom is 0.323 e. The summed E-state index contributed by atoms with van der Waals surface area (Å²) in [6.45, 7) is 12.4. The van der Waals surface area contributed by atoms with Gasteiger partial charge in [0.15, 0.2) is 5.41 Å². The summed E-state index contributed by atoms with van der Waals surface area (Å²) in [5.41, 5.74) is -1.25. The van der Waals surface area contributed by atoms with E-state index in [1.807, 2.05) is 27.7 Å². The average molecular weight is 312 g/mol. The first-order valence-corrected chi connectivity index (χ1v) is 8.39. The molecular weight excluding hydrogens is 280 g/mol. The summed E-state index contributed by atoms with van der Waals surface area (Å²) in [4.78, 5) is 25.1. The first-order chi connectivity index (χ1) is 10.4. The molecule has 4 nitrogen and oxygen atoms in total. The Morgan fingerprint density at radius 3 is 1.82 bits per heavy atom. The van der Waals surface area contributed by atoms with Crippen LogP contribution in [0.5, 0.6) is 0 Å². The fraction of sp³-hybridized carbons (Fsp3) is 0.778.